The summed E-state index contributed by atoms with van der Waals surface area (Å²) in [6.45, 7) is 1.61. The second kappa shape index (κ2) is 5.20. The van der Waals surface area contributed by atoms with E-state index in [9.17, 15) is 19.7 Å². The van der Waals surface area contributed by atoms with Crippen molar-refractivity contribution in [1.82, 2.24) is 0 Å². The van der Waals surface area contributed by atoms with Gasteiger partial charge in [-0.1, -0.05) is 25.1 Å². The van der Waals surface area contributed by atoms with Gasteiger partial charge in [-0.15, -0.1) is 0 Å². The summed E-state index contributed by atoms with van der Waals surface area (Å²) >= 11 is 0. The lowest BCUT2D eigenvalue weighted by molar-refractivity contribution is -0.385. The van der Waals surface area contributed by atoms with E-state index in [0.29, 0.717) is 0 Å². The number of para-hydroxylation sites is 1. The summed E-state index contributed by atoms with van der Waals surface area (Å²) in [4.78, 5) is 32.2. The normalized spacial score (nSPS) is 11.8. The highest BCUT2D eigenvalue weighted by Gasteiger charge is 2.30. The smallest absolute Gasteiger partial charge is 0.372 e. The van der Waals surface area contributed by atoms with Crippen molar-refractivity contribution in [3.8, 4) is 0 Å². The SMILES string of the molecule is CCC(C(=O)C(=O)O)c1ccccc1[N+](=O)[O-]. The van der Waals surface area contributed by atoms with Crippen molar-refractivity contribution < 1.29 is 19.6 Å². The molecule has 0 radical (unpaired) electrons. The second-order valence-corrected chi connectivity index (χ2v) is 3.45. The van der Waals surface area contributed by atoms with E-state index in [-0.39, 0.29) is 17.7 Å². The maximum Gasteiger partial charge on any atom is 0.372 e. The number of ketones is 1. The Morgan fingerprint density at radius 1 is 1.41 bits per heavy atom. The predicted molar refractivity (Wildman–Crippen MR) is 58.8 cm³/mol. The van der Waals surface area contributed by atoms with Gasteiger partial charge in [0.2, 0.25) is 5.78 Å². The first-order valence-electron chi connectivity index (χ1n) is 4.99. The summed E-state index contributed by atoms with van der Waals surface area (Å²) in [7, 11) is 0. The van der Waals surface area contributed by atoms with Gasteiger partial charge in [-0.3, -0.25) is 14.9 Å². The van der Waals surface area contributed by atoms with Crippen LogP contribution in [0.2, 0.25) is 0 Å². The maximum atomic E-state index is 11.4. The van der Waals surface area contributed by atoms with Crippen LogP contribution in [-0.4, -0.2) is 21.8 Å². The molecule has 0 spiro atoms. The van der Waals surface area contributed by atoms with Crippen molar-refractivity contribution in [3.63, 3.8) is 0 Å². The average Bonchev–Trinajstić information content (AvgIpc) is 2.30. The molecule has 1 aromatic carbocycles. The van der Waals surface area contributed by atoms with E-state index in [1.165, 1.54) is 18.2 Å². The van der Waals surface area contributed by atoms with Gasteiger partial charge in [0.1, 0.15) is 0 Å². The van der Waals surface area contributed by atoms with Gasteiger partial charge in [-0.05, 0) is 6.42 Å². The van der Waals surface area contributed by atoms with Crippen LogP contribution in [-0.2, 0) is 9.59 Å². The minimum absolute atomic E-state index is 0.146. The van der Waals surface area contributed by atoms with Gasteiger partial charge in [-0.2, -0.15) is 0 Å². The van der Waals surface area contributed by atoms with Crippen LogP contribution >= 0.6 is 0 Å². The van der Waals surface area contributed by atoms with Crippen LogP contribution in [0.1, 0.15) is 24.8 Å². The topological polar surface area (TPSA) is 97.5 Å². The Labute approximate surface area is 97.0 Å². The number of aliphatic carboxylic acids is 1. The quantitative estimate of drug-likeness (QED) is 0.478. The zero-order chi connectivity index (χ0) is 13.0. The van der Waals surface area contributed by atoms with E-state index in [1.54, 1.807) is 13.0 Å². The van der Waals surface area contributed by atoms with Gasteiger partial charge in [-0.25, -0.2) is 4.79 Å². The molecule has 0 aliphatic heterocycles. The molecule has 0 aromatic heterocycles. The van der Waals surface area contributed by atoms with Gasteiger partial charge >= 0.3 is 5.97 Å². The highest BCUT2D eigenvalue weighted by atomic mass is 16.6. The van der Waals surface area contributed by atoms with Crippen molar-refractivity contribution in [2.75, 3.05) is 0 Å². The summed E-state index contributed by atoms with van der Waals surface area (Å²) in [6, 6.07) is 5.68. The van der Waals surface area contributed by atoms with Crippen molar-refractivity contribution in [3.05, 3.63) is 39.9 Å². The summed E-state index contributed by atoms with van der Waals surface area (Å²) in [5.74, 6) is -3.58. The molecule has 1 aromatic rings. The molecule has 17 heavy (non-hydrogen) atoms. The number of nitrogens with zero attached hydrogens (tertiary/aromatic N) is 1. The molecule has 1 atom stereocenters. The molecule has 0 saturated heterocycles. The first-order chi connectivity index (χ1) is 7.99. The molecule has 0 aliphatic rings. The van der Waals surface area contributed by atoms with Crippen molar-refractivity contribution in [1.29, 1.82) is 0 Å². The van der Waals surface area contributed by atoms with Crippen molar-refractivity contribution >= 4 is 17.4 Å². The lowest BCUT2D eigenvalue weighted by Gasteiger charge is -2.11. The fourth-order valence-electron chi connectivity index (χ4n) is 1.64. The minimum atomic E-state index is -1.57. The Morgan fingerprint density at radius 3 is 2.47 bits per heavy atom. The average molecular weight is 237 g/mol. The summed E-state index contributed by atoms with van der Waals surface area (Å²) in [5.41, 5.74) is -0.0821. The number of benzene rings is 1. The molecule has 0 heterocycles. The molecule has 0 saturated carbocycles. The molecule has 0 amide bonds. The largest absolute Gasteiger partial charge is 0.475 e. The molecule has 6 heteroatoms. The number of nitro groups is 1. The summed E-state index contributed by atoms with van der Waals surface area (Å²) < 4.78 is 0. The highest BCUT2D eigenvalue weighted by molar-refractivity contribution is 6.35. The van der Waals surface area contributed by atoms with E-state index < -0.39 is 22.6 Å². The Morgan fingerprint density at radius 2 is 2.00 bits per heavy atom. The molecule has 90 valence electrons. The van der Waals surface area contributed by atoms with Gasteiger partial charge in [0.15, 0.2) is 0 Å². The number of carbonyl (C=O) groups excluding carboxylic acids is 1. The predicted octanol–water partition coefficient (Wildman–Crippen LogP) is 1.74. The second-order valence-electron chi connectivity index (χ2n) is 3.45. The Hall–Kier alpha value is -2.24. The first kappa shape index (κ1) is 12.8. The number of carboxylic acids is 1. The molecule has 1 rings (SSSR count). The molecule has 1 N–H and O–H groups in total. The number of rotatable bonds is 5. The Bertz CT molecular complexity index is 469. The van der Waals surface area contributed by atoms with Gasteiger partial charge < -0.3 is 5.11 Å². The van der Waals surface area contributed by atoms with E-state index in [2.05, 4.69) is 0 Å². The monoisotopic (exact) mass is 237 g/mol. The van der Waals surface area contributed by atoms with Gasteiger partial charge in [0.25, 0.3) is 5.69 Å². The number of carboxylic acid groups (broad SMARTS) is 1. The Balaban J connectivity index is 3.25. The van der Waals surface area contributed by atoms with E-state index in [0.717, 1.165) is 0 Å². The zero-order valence-corrected chi connectivity index (χ0v) is 9.12. The van der Waals surface area contributed by atoms with Crippen LogP contribution in [0.15, 0.2) is 24.3 Å². The number of hydrogen-bond acceptors (Lipinski definition) is 4. The van der Waals surface area contributed by atoms with Crippen LogP contribution in [0.3, 0.4) is 0 Å². The number of Topliss-reactive ketones (excluding diaryl/α,β-unsaturated/α-hetero) is 1. The summed E-state index contributed by atoms with van der Waals surface area (Å²) in [6.07, 6.45) is 0.204. The number of hydrogen-bond donors (Lipinski definition) is 1. The van der Waals surface area contributed by atoms with Gasteiger partial charge in [0.05, 0.1) is 10.8 Å². The lowest BCUT2D eigenvalue weighted by Crippen LogP contribution is -2.21. The molecule has 6 nitrogen and oxygen atoms in total. The maximum absolute atomic E-state index is 11.4. The van der Waals surface area contributed by atoms with Crippen LogP contribution in [0.25, 0.3) is 0 Å². The molecule has 0 aliphatic carbocycles. The van der Waals surface area contributed by atoms with Crippen LogP contribution < -0.4 is 0 Å². The number of nitro benzene ring substituents is 1. The number of carbonyl (C=O) groups is 2. The fourth-order valence-corrected chi connectivity index (χ4v) is 1.64. The third kappa shape index (κ3) is 2.66. The van der Waals surface area contributed by atoms with Crippen LogP contribution in [0, 0.1) is 10.1 Å². The fraction of sp³-hybridized carbons (Fsp3) is 0.273. The summed E-state index contributed by atoms with van der Waals surface area (Å²) in [5, 5.41) is 19.4. The molecule has 0 bridgehead atoms. The zero-order valence-electron chi connectivity index (χ0n) is 9.12. The first-order valence-corrected chi connectivity index (χ1v) is 4.99. The van der Waals surface area contributed by atoms with Crippen LogP contribution in [0.4, 0.5) is 5.69 Å². The molecular weight excluding hydrogens is 226 g/mol. The van der Waals surface area contributed by atoms with E-state index in [1.807, 2.05) is 0 Å². The van der Waals surface area contributed by atoms with Crippen molar-refractivity contribution in [2.24, 2.45) is 0 Å². The molecule has 0 fully saturated rings. The van der Waals surface area contributed by atoms with E-state index in [4.69, 9.17) is 5.11 Å². The lowest BCUT2D eigenvalue weighted by atomic mass is 9.91. The Kier molecular flexibility index (Phi) is 3.92. The minimum Gasteiger partial charge on any atom is -0.475 e. The van der Waals surface area contributed by atoms with Crippen LogP contribution in [0.5, 0.6) is 0 Å². The third-order valence-electron chi connectivity index (χ3n) is 2.44. The van der Waals surface area contributed by atoms with E-state index >= 15 is 0 Å². The van der Waals surface area contributed by atoms with Crippen molar-refractivity contribution in [2.45, 2.75) is 19.3 Å². The standard InChI is InChI=1S/C11H11NO5/c1-2-7(10(13)11(14)15)8-5-3-4-6-9(8)12(16)17/h3-7H,2H2,1H3,(H,14,15). The van der Waals surface area contributed by atoms with Gasteiger partial charge in [0, 0.05) is 11.6 Å². The highest BCUT2D eigenvalue weighted by Crippen LogP contribution is 2.29. The molecular formula is C11H11NO5. The molecule has 1 unspecified atom stereocenters. The third-order valence-corrected chi connectivity index (χ3v) is 2.44.